The molecule has 4 nitrogen and oxygen atoms in total. The summed E-state index contributed by atoms with van der Waals surface area (Å²) in [5.74, 6) is 1.47. The third kappa shape index (κ3) is 4.57. The molecule has 0 spiro atoms. The minimum Gasteiger partial charge on any atom is -0.354 e. The largest absolute Gasteiger partial charge is 0.354 e. The summed E-state index contributed by atoms with van der Waals surface area (Å²) in [6, 6.07) is 18.7. The minimum atomic E-state index is 0.657. The molecule has 0 radical (unpaired) electrons. The van der Waals surface area contributed by atoms with Crippen LogP contribution in [0.3, 0.4) is 0 Å². The van der Waals surface area contributed by atoms with Crippen LogP contribution in [-0.2, 0) is 6.42 Å². The van der Waals surface area contributed by atoms with Gasteiger partial charge in [-0.05, 0) is 43.9 Å². The maximum Gasteiger partial charge on any atom is 0.224 e. The number of rotatable bonds is 6. The van der Waals surface area contributed by atoms with Gasteiger partial charge in [0, 0.05) is 24.0 Å². The Bertz CT molecular complexity index is 824. The number of para-hydroxylation sites is 1. The van der Waals surface area contributed by atoms with Gasteiger partial charge in [0.25, 0.3) is 0 Å². The second-order valence-electron chi connectivity index (χ2n) is 6.27. The Morgan fingerprint density at radius 2 is 1.56 bits per heavy atom. The Kier molecular flexibility index (Phi) is 5.29. The first-order valence-electron chi connectivity index (χ1n) is 8.58. The zero-order chi connectivity index (χ0) is 17.6. The lowest BCUT2D eigenvalue weighted by Gasteiger charge is -2.13. The molecule has 1 heterocycles. The van der Waals surface area contributed by atoms with Gasteiger partial charge in [-0.1, -0.05) is 48.5 Å². The van der Waals surface area contributed by atoms with Gasteiger partial charge in [-0.3, -0.25) is 0 Å². The highest BCUT2D eigenvalue weighted by molar-refractivity contribution is 5.65. The van der Waals surface area contributed by atoms with Crippen LogP contribution < -0.4 is 10.6 Å². The molecule has 0 amide bonds. The van der Waals surface area contributed by atoms with Crippen LogP contribution in [0.25, 0.3) is 0 Å². The minimum absolute atomic E-state index is 0.657. The highest BCUT2D eigenvalue weighted by Crippen LogP contribution is 2.24. The lowest BCUT2D eigenvalue weighted by atomic mass is 10.1. The van der Waals surface area contributed by atoms with Gasteiger partial charge in [0.05, 0.1) is 0 Å². The van der Waals surface area contributed by atoms with E-state index >= 15 is 0 Å². The van der Waals surface area contributed by atoms with Gasteiger partial charge in [0.2, 0.25) is 5.95 Å². The molecule has 0 saturated carbocycles. The Balaban J connectivity index is 1.70. The van der Waals surface area contributed by atoms with E-state index in [4.69, 9.17) is 0 Å². The Morgan fingerprint density at radius 1 is 0.840 bits per heavy atom. The number of nitrogens with one attached hydrogen (secondary N) is 2. The van der Waals surface area contributed by atoms with Gasteiger partial charge in [0.1, 0.15) is 5.82 Å². The average Bonchev–Trinajstić information content (AvgIpc) is 2.59. The number of aryl methyl sites for hydroxylation is 3. The second kappa shape index (κ2) is 7.79. The van der Waals surface area contributed by atoms with E-state index < -0.39 is 0 Å². The van der Waals surface area contributed by atoms with Crippen LogP contribution in [-0.4, -0.2) is 16.5 Å². The molecule has 3 aromatic rings. The van der Waals surface area contributed by atoms with Crippen LogP contribution in [0.1, 0.15) is 22.4 Å². The molecule has 2 aromatic carbocycles. The summed E-state index contributed by atoms with van der Waals surface area (Å²) in [6.45, 7) is 6.99. The first kappa shape index (κ1) is 17.0. The van der Waals surface area contributed by atoms with Crippen molar-refractivity contribution in [2.45, 2.75) is 27.2 Å². The van der Waals surface area contributed by atoms with Crippen molar-refractivity contribution in [3.05, 3.63) is 77.0 Å². The van der Waals surface area contributed by atoms with E-state index in [0.29, 0.717) is 5.95 Å². The molecule has 4 heteroatoms. The molecule has 0 aliphatic carbocycles. The summed E-state index contributed by atoms with van der Waals surface area (Å²) in [5.41, 5.74) is 5.75. The fraction of sp³-hybridized carbons (Fsp3) is 0.238. The number of aromatic nitrogens is 2. The molecule has 0 aliphatic heterocycles. The summed E-state index contributed by atoms with van der Waals surface area (Å²) in [6.07, 6.45) is 0.942. The maximum absolute atomic E-state index is 4.61. The molecule has 0 fully saturated rings. The predicted octanol–water partition coefficient (Wildman–Crippen LogP) is 4.80. The van der Waals surface area contributed by atoms with Crippen LogP contribution in [0.15, 0.2) is 54.6 Å². The molecule has 3 rings (SSSR count). The SMILES string of the molecule is Cc1cc(Nc2c(C)cccc2C)nc(NCCc2ccccc2)n1. The van der Waals surface area contributed by atoms with E-state index in [1.54, 1.807) is 0 Å². The molecule has 0 aliphatic rings. The Morgan fingerprint density at radius 3 is 2.28 bits per heavy atom. The zero-order valence-corrected chi connectivity index (χ0v) is 15.0. The molecule has 1 aromatic heterocycles. The zero-order valence-electron chi connectivity index (χ0n) is 15.0. The summed E-state index contributed by atoms with van der Waals surface area (Å²) in [4.78, 5) is 9.10. The van der Waals surface area contributed by atoms with Gasteiger partial charge < -0.3 is 10.6 Å². The van der Waals surface area contributed by atoms with Gasteiger partial charge >= 0.3 is 0 Å². The van der Waals surface area contributed by atoms with E-state index in [0.717, 1.165) is 30.2 Å². The first-order valence-corrected chi connectivity index (χ1v) is 8.58. The molecule has 0 bridgehead atoms. The van der Waals surface area contributed by atoms with Crippen molar-refractivity contribution in [1.82, 2.24) is 9.97 Å². The van der Waals surface area contributed by atoms with Gasteiger partial charge in [-0.2, -0.15) is 4.98 Å². The summed E-state index contributed by atoms with van der Waals surface area (Å²) < 4.78 is 0. The molecular weight excluding hydrogens is 308 g/mol. The lowest BCUT2D eigenvalue weighted by molar-refractivity contribution is 0.976. The van der Waals surface area contributed by atoms with Crippen LogP contribution in [0.2, 0.25) is 0 Å². The lowest BCUT2D eigenvalue weighted by Crippen LogP contribution is -2.10. The van der Waals surface area contributed by atoms with E-state index in [1.807, 2.05) is 19.1 Å². The molecule has 0 saturated heterocycles. The fourth-order valence-corrected chi connectivity index (χ4v) is 2.81. The van der Waals surface area contributed by atoms with Gasteiger partial charge in [0.15, 0.2) is 0 Å². The molecule has 25 heavy (non-hydrogen) atoms. The van der Waals surface area contributed by atoms with Crippen molar-refractivity contribution in [3.8, 4) is 0 Å². The average molecular weight is 332 g/mol. The third-order valence-corrected chi connectivity index (χ3v) is 4.13. The van der Waals surface area contributed by atoms with Crippen molar-refractivity contribution in [1.29, 1.82) is 0 Å². The normalized spacial score (nSPS) is 10.5. The van der Waals surface area contributed by atoms with E-state index in [1.165, 1.54) is 16.7 Å². The number of benzene rings is 2. The molecule has 0 atom stereocenters. The second-order valence-corrected chi connectivity index (χ2v) is 6.27. The standard InChI is InChI=1S/C21H24N4/c1-15-8-7-9-16(2)20(15)24-19-14-17(3)23-21(25-19)22-13-12-18-10-5-4-6-11-18/h4-11,14H,12-13H2,1-3H3,(H2,22,23,24,25). The van der Waals surface area contributed by atoms with Crippen molar-refractivity contribution >= 4 is 17.5 Å². The van der Waals surface area contributed by atoms with Crippen LogP contribution >= 0.6 is 0 Å². The van der Waals surface area contributed by atoms with Gasteiger partial charge in [-0.15, -0.1) is 0 Å². The summed E-state index contributed by atoms with van der Waals surface area (Å²) in [7, 11) is 0. The number of hydrogen-bond donors (Lipinski definition) is 2. The van der Waals surface area contributed by atoms with E-state index in [9.17, 15) is 0 Å². The Hall–Kier alpha value is -2.88. The molecular formula is C21H24N4. The van der Waals surface area contributed by atoms with Crippen LogP contribution in [0.5, 0.6) is 0 Å². The molecule has 128 valence electrons. The Labute approximate surface area is 149 Å². The quantitative estimate of drug-likeness (QED) is 0.681. The van der Waals surface area contributed by atoms with Crippen LogP contribution in [0, 0.1) is 20.8 Å². The third-order valence-electron chi connectivity index (χ3n) is 4.13. The first-order chi connectivity index (χ1) is 12.1. The fourth-order valence-electron chi connectivity index (χ4n) is 2.81. The highest BCUT2D eigenvalue weighted by atomic mass is 15.1. The molecule has 2 N–H and O–H groups in total. The number of nitrogens with zero attached hydrogens (tertiary/aromatic N) is 2. The smallest absolute Gasteiger partial charge is 0.224 e. The topological polar surface area (TPSA) is 49.8 Å². The maximum atomic E-state index is 4.61. The molecule has 0 unspecified atom stereocenters. The highest BCUT2D eigenvalue weighted by Gasteiger charge is 2.06. The van der Waals surface area contributed by atoms with Crippen LogP contribution in [0.4, 0.5) is 17.5 Å². The van der Waals surface area contributed by atoms with Crippen molar-refractivity contribution in [2.75, 3.05) is 17.2 Å². The van der Waals surface area contributed by atoms with E-state index in [2.05, 4.69) is 76.9 Å². The summed E-state index contributed by atoms with van der Waals surface area (Å²) in [5, 5.41) is 6.77. The van der Waals surface area contributed by atoms with Crippen molar-refractivity contribution < 1.29 is 0 Å². The summed E-state index contributed by atoms with van der Waals surface area (Å²) >= 11 is 0. The number of anilines is 3. The van der Waals surface area contributed by atoms with Crippen molar-refractivity contribution in [3.63, 3.8) is 0 Å². The van der Waals surface area contributed by atoms with Crippen molar-refractivity contribution in [2.24, 2.45) is 0 Å². The van der Waals surface area contributed by atoms with E-state index in [-0.39, 0.29) is 0 Å². The predicted molar refractivity (Wildman–Crippen MR) is 105 cm³/mol. The monoisotopic (exact) mass is 332 g/mol. The van der Waals surface area contributed by atoms with Gasteiger partial charge in [-0.25, -0.2) is 4.98 Å². The number of hydrogen-bond acceptors (Lipinski definition) is 4.